The van der Waals surface area contributed by atoms with Gasteiger partial charge in [-0.1, -0.05) is 0 Å². The molecule has 0 aromatic heterocycles. The second-order valence-corrected chi connectivity index (χ2v) is 2.70. The van der Waals surface area contributed by atoms with Crippen molar-refractivity contribution >= 4 is 11.9 Å². The summed E-state index contributed by atoms with van der Waals surface area (Å²) in [6.07, 6.45) is 1.52. The van der Waals surface area contributed by atoms with Crippen molar-refractivity contribution in [1.82, 2.24) is 0 Å². The molecule has 0 aliphatic heterocycles. The van der Waals surface area contributed by atoms with E-state index in [2.05, 4.69) is 0 Å². The molecule has 13 heavy (non-hydrogen) atoms. The van der Waals surface area contributed by atoms with Crippen LogP contribution in [-0.2, 0) is 19.1 Å². The van der Waals surface area contributed by atoms with Gasteiger partial charge in [-0.2, -0.15) is 0 Å². The van der Waals surface area contributed by atoms with Gasteiger partial charge in [0.25, 0.3) is 0 Å². The predicted octanol–water partition coefficient (Wildman–Crippen LogP) is 0.553. The summed E-state index contributed by atoms with van der Waals surface area (Å²) in [6.45, 7) is 3.08. The minimum absolute atomic E-state index is 0.702. The van der Waals surface area contributed by atoms with Crippen LogP contribution >= 0.6 is 0 Å². The van der Waals surface area contributed by atoms with Gasteiger partial charge in [0.2, 0.25) is 5.79 Å². The molecule has 0 atom stereocenters. The van der Waals surface area contributed by atoms with Crippen LogP contribution in [0.4, 0.5) is 0 Å². The third-order valence-corrected chi connectivity index (χ3v) is 1.20. The van der Waals surface area contributed by atoms with E-state index in [4.69, 9.17) is 14.6 Å². The Morgan fingerprint density at radius 3 is 2.23 bits per heavy atom. The number of carboxylic acid groups (broad SMARTS) is 1. The number of esters is 1. The second-order valence-electron chi connectivity index (χ2n) is 2.70. The third kappa shape index (κ3) is 5.86. The number of ether oxygens (including phenoxy) is 2. The topological polar surface area (TPSA) is 72.8 Å². The first-order valence-electron chi connectivity index (χ1n) is 3.56. The number of aliphatic carboxylic acids is 1. The number of carbonyl (C=O) groups is 2. The van der Waals surface area contributed by atoms with Crippen molar-refractivity contribution < 1.29 is 24.2 Å². The van der Waals surface area contributed by atoms with Crippen LogP contribution in [0, 0.1) is 0 Å². The molecule has 5 heteroatoms. The number of carbonyl (C=O) groups excluding carboxylic acids is 1. The highest BCUT2D eigenvalue weighted by molar-refractivity contribution is 5.90. The van der Waals surface area contributed by atoms with Gasteiger partial charge in [0.1, 0.15) is 0 Å². The monoisotopic (exact) mass is 188 g/mol. The Balaban J connectivity index is 4.09. The minimum atomic E-state index is -1.20. The van der Waals surface area contributed by atoms with Crippen molar-refractivity contribution in [3.05, 3.63) is 12.2 Å². The van der Waals surface area contributed by atoms with Gasteiger partial charge in [-0.15, -0.1) is 0 Å². The molecule has 0 heterocycles. The molecule has 0 aliphatic carbocycles. The Kier molecular flexibility index (Phi) is 4.13. The Bertz CT molecular complexity index is 229. The highest BCUT2D eigenvalue weighted by Gasteiger charge is 2.20. The molecule has 0 saturated carbocycles. The first-order chi connectivity index (χ1) is 5.87. The van der Waals surface area contributed by atoms with Gasteiger partial charge in [-0.3, -0.25) is 0 Å². The fraction of sp³-hybridized carbons (Fsp3) is 0.500. The summed E-state index contributed by atoms with van der Waals surface area (Å²) in [7, 11) is 1.38. The zero-order chi connectivity index (χ0) is 10.5. The molecule has 0 saturated heterocycles. The SMILES string of the molecule is COC(C)(C)OC(=O)/C=C\C(=O)O. The highest BCUT2D eigenvalue weighted by Crippen LogP contribution is 2.09. The van der Waals surface area contributed by atoms with Crippen molar-refractivity contribution in [1.29, 1.82) is 0 Å². The summed E-state index contributed by atoms with van der Waals surface area (Å²) in [5.41, 5.74) is 0. The normalized spacial score (nSPS) is 11.6. The molecule has 0 unspecified atom stereocenters. The predicted molar refractivity (Wildman–Crippen MR) is 44.0 cm³/mol. The zero-order valence-corrected chi connectivity index (χ0v) is 7.73. The van der Waals surface area contributed by atoms with Crippen molar-refractivity contribution in [2.24, 2.45) is 0 Å². The summed E-state index contributed by atoms with van der Waals surface area (Å²) < 4.78 is 9.52. The molecule has 0 aromatic carbocycles. The summed E-state index contributed by atoms with van der Waals surface area (Å²) in [5.74, 6) is -3.00. The van der Waals surface area contributed by atoms with E-state index in [0.717, 1.165) is 6.08 Å². The summed E-state index contributed by atoms with van der Waals surface area (Å²) in [5, 5.41) is 8.19. The quantitative estimate of drug-likeness (QED) is 0.396. The average Bonchev–Trinajstić information content (AvgIpc) is 2.00. The first-order valence-corrected chi connectivity index (χ1v) is 3.56. The van der Waals surface area contributed by atoms with Crippen LogP contribution in [0.2, 0.25) is 0 Å². The van der Waals surface area contributed by atoms with Crippen molar-refractivity contribution in [2.75, 3.05) is 7.11 Å². The Morgan fingerprint density at radius 2 is 1.85 bits per heavy atom. The lowest BCUT2D eigenvalue weighted by Crippen LogP contribution is -2.29. The molecule has 1 N–H and O–H groups in total. The standard InChI is InChI=1S/C8H12O5/c1-8(2,12-3)13-7(11)5-4-6(9)10/h4-5H,1-3H3,(H,9,10)/b5-4-. The lowest BCUT2D eigenvalue weighted by molar-refractivity contribution is -0.200. The molecule has 0 aromatic rings. The van der Waals surface area contributed by atoms with E-state index in [0.29, 0.717) is 6.08 Å². The van der Waals surface area contributed by atoms with Crippen LogP contribution < -0.4 is 0 Å². The molecule has 0 spiro atoms. The fourth-order valence-electron chi connectivity index (χ4n) is 0.457. The van der Waals surface area contributed by atoms with Crippen LogP contribution in [0.5, 0.6) is 0 Å². The zero-order valence-electron chi connectivity index (χ0n) is 7.73. The van der Waals surface area contributed by atoms with Crippen molar-refractivity contribution in [3.8, 4) is 0 Å². The van der Waals surface area contributed by atoms with Gasteiger partial charge in [-0.05, 0) is 0 Å². The molecule has 0 radical (unpaired) electrons. The van der Waals surface area contributed by atoms with Gasteiger partial charge in [0.05, 0.1) is 0 Å². The van der Waals surface area contributed by atoms with Crippen LogP contribution in [0.15, 0.2) is 12.2 Å². The van der Waals surface area contributed by atoms with E-state index in [9.17, 15) is 9.59 Å². The molecule has 0 bridgehead atoms. The van der Waals surface area contributed by atoms with E-state index in [-0.39, 0.29) is 0 Å². The third-order valence-electron chi connectivity index (χ3n) is 1.20. The lowest BCUT2D eigenvalue weighted by Gasteiger charge is -2.21. The van der Waals surface area contributed by atoms with Gasteiger partial charge in [0.15, 0.2) is 0 Å². The number of hydrogen-bond donors (Lipinski definition) is 1. The number of methoxy groups -OCH3 is 1. The van der Waals surface area contributed by atoms with Gasteiger partial charge in [0, 0.05) is 33.1 Å². The van der Waals surface area contributed by atoms with E-state index in [1.807, 2.05) is 0 Å². The molecule has 74 valence electrons. The van der Waals surface area contributed by atoms with Gasteiger partial charge >= 0.3 is 11.9 Å². The second kappa shape index (κ2) is 4.61. The maximum absolute atomic E-state index is 10.9. The lowest BCUT2D eigenvalue weighted by atomic mass is 10.4. The number of carboxylic acids is 1. The van der Waals surface area contributed by atoms with Crippen LogP contribution in [-0.4, -0.2) is 29.9 Å². The van der Waals surface area contributed by atoms with E-state index < -0.39 is 17.7 Å². The first kappa shape index (κ1) is 11.6. The van der Waals surface area contributed by atoms with E-state index >= 15 is 0 Å². The molecule has 0 aliphatic rings. The Labute approximate surface area is 75.9 Å². The van der Waals surface area contributed by atoms with Gasteiger partial charge in [-0.25, -0.2) is 9.59 Å². The van der Waals surface area contributed by atoms with Crippen LogP contribution in [0.3, 0.4) is 0 Å². The van der Waals surface area contributed by atoms with Crippen LogP contribution in [0.25, 0.3) is 0 Å². The largest absolute Gasteiger partial charge is 0.478 e. The highest BCUT2D eigenvalue weighted by atomic mass is 16.7. The minimum Gasteiger partial charge on any atom is -0.478 e. The molecular formula is C8H12O5. The van der Waals surface area contributed by atoms with Gasteiger partial charge < -0.3 is 14.6 Å². The van der Waals surface area contributed by atoms with E-state index in [1.54, 1.807) is 13.8 Å². The number of rotatable bonds is 4. The summed E-state index contributed by atoms with van der Waals surface area (Å²) in [4.78, 5) is 20.9. The van der Waals surface area contributed by atoms with Crippen molar-refractivity contribution in [3.63, 3.8) is 0 Å². The Morgan fingerprint density at radius 1 is 1.31 bits per heavy atom. The molecule has 5 nitrogen and oxygen atoms in total. The average molecular weight is 188 g/mol. The molecule has 0 fully saturated rings. The summed E-state index contributed by atoms with van der Waals surface area (Å²) >= 11 is 0. The maximum atomic E-state index is 10.9. The molecular weight excluding hydrogens is 176 g/mol. The molecule has 0 rings (SSSR count). The summed E-state index contributed by atoms with van der Waals surface area (Å²) in [6, 6.07) is 0. The maximum Gasteiger partial charge on any atom is 0.333 e. The van der Waals surface area contributed by atoms with Crippen molar-refractivity contribution in [2.45, 2.75) is 19.6 Å². The number of hydrogen-bond acceptors (Lipinski definition) is 4. The molecule has 0 amide bonds. The smallest absolute Gasteiger partial charge is 0.333 e. The fourth-order valence-corrected chi connectivity index (χ4v) is 0.457. The Hall–Kier alpha value is -1.36. The van der Waals surface area contributed by atoms with E-state index in [1.165, 1.54) is 7.11 Å². The van der Waals surface area contributed by atoms with Crippen LogP contribution in [0.1, 0.15) is 13.8 Å².